The summed E-state index contributed by atoms with van der Waals surface area (Å²) in [4.78, 5) is 0. The van der Waals surface area contributed by atoms with Crippen molar-refractivity contribution in [2.75, 3.05) is 19.5 Å². The quantitative estimate of drug-likeness (QED) is 0.806. The fraction of sp³-hybridized carbons (Fsp3) is 0.692. The van der Waals surface area contributed by atoms with Crippen LogP contribution in [0.4, 0.5) is 0 Å². The van der Waals surface area contributed by atoms with Crippen molar-refractivity contribution in [2.24, 2.45) is 5.41 Å². The molecule has 1 N–H and O–H groups in total. The van der Waals surface area contributed by atoms with E-state index < -0.39 is 0 Å². The van der Waals surface area contributed by atoms with Crippen LogP contribution in [-0.4, -0.2) is 29.7 Å². The van der Waals surface area contributed by atoms with Gasteiger partial charge in [-0.25, -0.2) is 0 Å². The van der Waals surface area contributed by atoms with Crippen molar-refractivity contribution >= 4 is 11.6 Å². The molecule has 0 bridgehead atoms. The van der Waals surface area contributed by atoms with Gasteiger partial charge in [0.25, 0.3) is 0 Å². The average molecular weight is 270 g/mol. The largest absolute Gasteiger partial charge is 0.480 e. The first kappa shape index (κ1) is 13.6. The van der Waals surface area contributed by atoms with Gasteiger partial charge in [0.15, 0.2) is 0 Å². The van der Waals surface area contributed by atoms with Crippen molar-refractivity contribution in [3.8, 4) is 5.88 Å². The molecule has 18 heavy (non-hydrogen) atoms. The number of nitrogens with one attached hydrogen (secondary N) is 1. The Hall–Kier alpha value is -0.870. The van der Waals surface area contributed by atoms with Crippen LogP contribution >= 0.6 is 11.6 Å². The molecule has 0 saturated heterocycles. The maximum Gasteiger partial charge on any atom is 0.233 e. The smallest absolute Gasteiger partial charge is 0.233 e. The zero-order valence-electron chi connectivity index (χ0n) is 10.8. The minimum Gasteiger partial charge on any atom is -0.480 e. The summed E-state index contributed by atoms with van der Waals surface area (Å²) in [6, 6.07) is 3.76. The van der Waals surface area contributed by atoms with Gasteiger partial charge in [0, 0.05) is 25.0 Å². The second-order valence-corrected chi connectivity index (χ2v) is 5.28. The number of aromatic nitrogens is 2. The molecule has 1 aliphatic rings. The number of methoxy groups -OCH3 is 1. The molecule has 4 nitrogen and oxygen atoms in total. The standard InChI is InChI=1S/C13H20ClN3O/c1-18-12-5-4-11(16-17-12)8-15-10-13(9-14)6-2-3-7-13/h4-5,15H,2-3,6-10H2,1H3. The van der Waals surface area contributed by atoms with Crippen LogP contribution in [0.25, 0.3) is 0 Å². The van der Waals surface area contributed by atoms with Crippen molar-refractivity contribution in [2.45, 2.75) is 32.2 Å². The third-order valence-corrected chi connectivity index (χ3v) is 4.23. The van der Waals surface area contributed by atoms with Crippen molar-refractivity contribution in [1.82, 2.24) is 15.5 Å². The highest BCUT2D eigenvalue weighted by Gasteiger charge is 2.32. The first-order valence-corrected chi connectivity index (χ1v) is 6.95. The Bertz CT molecular complexity index is 363. The van der Waals surface area contributed by atoms with Gasteiger partial charge in [-0.1, -0.05) is 12.8 Å². The highest BCUT2D eigenvalue weighted by Crippen LogP contribution is 2.38. The lowest BCUT2D eigenvalue weighted by Crippen LogP contribution is -2.33. The van der Waals surface area contributed by atoms with Crippen LogP contribution in [0.2, 0.25) is 0 Å². The van der Waals surface area contributed by atoms with E-state index in [1.807, 2.05) is 12.1 Å². The van der Waals surface area contributed by atoms with E-state index >= 15 is 0 Å². The molecule has 1 aromatic heterocycles. The van der Waals surface area contributed by atoms with E-state index in [4.69, 9.17) is 16.3 Å². The number of ether oxygens (including phenoxy) is 1. The second kappa shape index (κ2) is 6.34. The molecule has 2 rings (SSSR count). The molecule has 100 valence electrons. The fourth-order valence-electron chi connectivity index (χ4n) is 2.49. The molecular formula is C13H20ClN3O. The molecule has 0 atom stereocenters. The molecule has 1 aliphatic carbocycles. The summed E-state index contributed by atoms with van der Waals surface area (Å²) in [5.41, 5.74) is 1.22. The molecule has 1 heterocycles. The van der Waals surface area contributed by atoms with Crippen LogP contribution in [0.1, 0.15) is 31.4 Å². The Morgan fingerprint density at radius 2 is 2.11 bits per heavy atom. The summed E-state index contributed by atoms with van der Waals surface area (Å²) in [5.74, 6) is 1.29. The van der Waals surface area contributed by atoms with E-state index in [2.05, 4.69) is 15.5 Å². The molecule has 0 aromatic carbocycles. The van der Waals surface area contributed by atoms with Crippen molar-refractivity contribution in [3.63, 3.8) is 0 Å². The topological polar surface area (TPSA) is 47.0 Å². The van der Waals surface area contributed by atoms with Gasteiger partial charge in [0.05, 0.1) is 12.8 Å². The van der Waals surface area contributed by atoms with Crippen molar-refractivity contribution < 1.29 is 4.74 Å². The van der Waals surface area contributed by atoms with Gasteiger partial charge in [-0.05, 0) is 24.3 Å². The van der Waals surface area contributed by atoms with Crippen molar-refractivity contribution in [1.29, 1.82) is 0 Å². The van der Waals surface area contributed by atoms with Gasteiger partial charge in [-0.2, -0.15) is 5.10 Å². The Labute approximate surface area is 113 Å². The summed E-state index contributed by atoms with van der Waals surface area (Å²) < 4.78 is 4.98. The summed E-state index contributed by atoms with van der Waals surface area (Å²) in [6.45, 7) is 1.69. The number of hydrogen-bond donors (Lipinski definition) is 1. The third kappa shape index (κ3) is 3.33. The molecular weight excluding hydrogens is 250 g/mol. The first-order chi connectivity index (χ1) is 8.78. The molecule has 0 aliphatic heterocycles. The van der Waals surface area contributed by atoms with E-state index in [0.717, 1.165) is 24.7 Å². The summed E-state index contributed by atoms with van der Waals surface area (Å²) in [6.07, 6.45) is 5.07. The SMILES string of the molecule is COc1ccc(CNCC2(CCl)CCCC2)nn1. The summed E-state index contributed by atoms with van der Waals surface area (Å²) >= 11 is 6.10. The lowest BCUT2D eigenvalue weighted by atomic mass is 9.88. The Morgan fingerprint density at radius 1 is 1.33 bits per heavy atom. The molecule has 1 saturated carbocycles. The van der Waals surface area contributed by atoms with Gasteiger partial charge in [0.1, 0.15) is 0 Å². The Morgan fingerprint density at radius 3 is 2.67 bits per heavy atom. The van der Waals surface area contributed by atoms with E-state index in [-0.39, 0.29) is 0 Å². The van der Waals surface area contributed by atoms with E-state index in [0.29, 0.717) is 11.3 Å². The molecule has 1 fully saturated rings. The van der Waals surface area contributed by atoms with Crippen LogP contribution in [0.3, 0.4) is 0 Å². The molecule has 5 heteroatoms. The van der Waals surface area contributed by atoms with E-state index in [1.54, 1.807) is 7.11 Å². The highest BCUT2D eigenvalue weighted by molar-refractivity contribution is 6.18. The van der Waals surface area contributed by atoms with Crippen LogP contribution in [0.5, 0.6) is 5.88 Å². The van der Waals surface area contributed by atoms with Gasteiger partial charge in [0.2, 0.25) is 5.88 Å². The average Bonchev–Trinajstić information content (AvgIpc) is 2.89. The van der Waals surface area contributed by atoms with Crippen LogP contribution in [-0.2, 0) is 6.54 Å². The predicted molar refractivity (Wildman–Crippen MR) is 71.9 cm³/mol. The van der Waals surface area contributed by atoms with Crippen LogP contribution in [0, 0.1) is 5.41 Å². The van der Waals surface area contributed by atoms with Gasteiger partial charge >= 0.3 is 0 Å². The lowest BCUT2D eigenvalue weighted by molar-refractivity contribution is 0.319. The summed E-state index contributed by atoms with van der Waals surface area (Å²) in [5, 5.41) is 11.5. The Balaban J connectivity index is 1.80. The summed E-state index contributed by atoms with van der Waals surface area (Å²) in [7, 11) is 1.59. The van der Waals surface area contributed by atoms with E-state index in [1.165, 1.54) is 25.7 Å². The molecule has 1 aromatic rings. The third-order valence-electron chi connectivity index (χ3n) is 3.66. The van der Waals surface area contributed by atoms with Gasteiger partial charge in [-0.3, -0.25) is 0 Å². The van der Waals surface area contributed by atoms with Gasteiger partial charge < -0.3 is 10.1 Å². The van der Waals surface area contributed by atoms with E-state index in [9.17, 15) is 0 Å². The monoisotopic (exact) mass is 269 g/mol. The normalized spacial score (nSPS) is 17.9. The second-order valence-electron chi connectivity index (χ2n) is 5.01. The lowest BCUT2D eigenvalue weighted by Gasteiger charge is -2.26. The van der Waals surface area contributed by atoms with Crippen molar-refractivity contribution in [3.05, 3.63) is 17.8 Å². The highest BCUT2D eigenvalue weighted by atomic mass is 35.5. The Kier molecular flexibility index (Phi) is 4.78. The molecule has 0 amide bonds. The zero-order chi connectivity index (χ0) is 12.8. The zero-order valence-corrected chi connectivity index (χ0v) is 11.5. The number of halogens is 1. The maximum absolute atomic E-state index is 6.10. The number of hydrogen-bond acceptors (Lipinski definition) is 4. The van der Waals surface area contributed by atoms with Crippen LogP contribution < -0.4 is 10.1 Å². The molecule has 0 unspecified atom stereocenters. The number of nitrogens with zero attached hydrogens (tertiary/aromatic N) is 2. The first-order valence-electron chi connectivity index (χ1n) is 6.41. The number of rotatable bonds is 6. The van der Waals surface area contributed by atoms with Gasteiger partial charge in [-0.15, -0.1) is 16.7 Å². The number of alkyl halides is 1. The minimum atomic E-state index is 0.293. The fourth-order valence-corrected chi connectivity index (χ4v) is 2.85. The molecule has 0 spiro atoms. The minimum absolute atomic E-state index is 0.293. The van der Waals surface area contributed by atoms with Crippen LogP contribution in [0.15, 0.2) is 12.1 Å². The maximum atomic E-state index is 6.10. The molecule has 0 radical (unpaired) electrons. The predicted octanol–water partition coefficient (Wildman–Crippen LogP) is 2.37.